The number of anilines is 2. The zero-order chi connectivity index (χ0) is 17.9. The number of amides is 2. The molecular weight excluding hydrogens is 368 g/mol. The molecular formula is C19H21BrN2O2. The minimum Gasteiger partial charge on any atom is -0.324 e. The third-order valence-corrected chi connectivity index (χ3v) is 4.46. The van der Waals surface area contributed by atoms with Crippen LogP contribution in [0.1, 0.15) is 23.6 Å². The molecule has 0 saturated heterocycles. The summed E-state index contributed by atoms with van der Waals surface area (Å²) in [5.41, 5.74) is 4.55. The van der Waals surface area contributed by atoms with Gasteiger partial charge in [-0.05, 0) is 65.5 Å². The van der Waals surface area contributed by atoms with Gasteiger partial charge in [-0.1, -0.05) is 24.3 Å². The van der Waals surface area contributed by atoms with E-state index < -0.39 is 0 Å². The maximum Gasteiger partial charge on any atom is 0.244 e. The minimum absolute atomic E-state index is 0.0369. The Morgan fingerprint density at radius 2 is 1.71 bits per heavy atom. The zero-order valence-corrected chi connectivity index (χ0v) is 15.9. The van der Waals surface area contributed by atoms with Crippen molar-refractivity contribution >= 4 is 39.1 Å². The van der Waals surface area contributed by atoms with Gasteiger partial charge in [0.15, 0.2) is 0 Å². The smallest absolute Gasteiger partial charge is 0.244 e. The summed E-state index contributed by atoms with van der Waals surface area (Å²) in [6.45, 7) is 7.29. The average Bonchev–Trinajstić information content (AvgIpc) is 2.49. The molecule has 0 saturated carbocycles. The van der Waals surface area contributed by atoms with E-state index in [1.54, 1.807) is 0 Å². The van der Waals surface area contributed by atoms with Crippen LogP contribution in [0.25, 0.3) is 0 Å². The molecule has 0 aliphatic heterocycles. The second-order valence-electron chi connectivity index (χ2n) is 5.88. The number of benzene rings is 2. The van der Waals surface area contributed by atoms with Crippen molar-refractivity contribution in [3.63, 3.8) is 0 Å². The van der Waals surface area contributed by atoms with Gasteiger partial charge in [0.2, 0.25) is 11.8 Å². The quantitative estimate of drug-likeness (QED) is 0.845. The lowest BCUT2D eigenvalue weighted by Gasteiger charge is -2.23. The first-order chi connectivity index (χ1) is 11.3. The van der Waals surface area contributed by atoms with Crippen molar-refractivity contribution in [2.75, 3.05) is 16.8 Å². The van der Waals surface area contributed by atoms with Crippen LogP contribution in [0.5, 0.6) is 0 Å². The summed E-state index contributed by atoms with van der Waals surface area (Å²) in [7, 11) is 0. The molecule has 0 aliphatic rings. The lowest BCUT2D eigenvalue weighted by Crippen LogP contribution is -2.37. The Kier molecular flexibility index (Phi) is 5.78. The van der Waals surface area contributed by atoms with Crippen LogP contribution in [0, 0.1) is 20.8 Å². The summed E-state index contributed by atoms with van der Waals surface area (Å²) in [6.07, 6.45) is 0. The van der Waals surface area contributed by atoms with E-state index in [9.17, 15) is 9.59 Å². The summed E-state index contributed by atoms with van der Waals surface area (Å²) in [4.78, 5) is 26.0. The first-order valence-corrected chi connectivity index (χ1v) is 8.49. The summed E-state index contributed by atoms with van der Waals surface area (Å²) in [5.74, 6) is -0.411. The second-order valence-corrected chi connectivity index (χ2v) is 6.73. The maximum absolute atomic E-state index is 12.5. The van der Waals surface area contributed by atoms with E-state index in [0.29, 0.717) is 5.69 Å². The fourth-order valence-electron chi connectivity index (χ4n) is 2.53. The van der Waals surface area contributed by atoms with E-state index in [0.717, 1.165) is 26.9 Å². The maximum atomic E-state index is 12.5. The molecule has 0 atom stereocenters. The van der Waals surface area contributed by atoms with Crippen molar-refractivity contribution < 1.29 is 9.59 Å². The molecule has 0 heterocycles. The molecule has 0 unspecified atom stereocenters. The lowest BCUT2D eigenvalue weighted by molar-refractivity contribution is -0.120. The highest BCUT2D eigenvalue weighted by molar-refractivity contribution is 9.10. The molecule has 0 bridgehead atoms. The summed E-state index contributed by atoms with van der Waals surface area (Å²) in [5, 5.41) is 2.92. The van der Waals surface area contributed by atoms with Crippen molar-refractivity contribution in [2.45, 2.75) is 27.7 Å². The van der Waals surface area contributed by atoms with Gasteiger partial charge < -0.3 is 10.2 Å². The molecule has 2 aromatic rings. The predicted molar refractivity (Wildman–Crippen MR) is 101 cm³/mol. The van der Waals surface area contributed by atoms with Gasteiger partial charge in [0, 0.05) is 17.1 Å². The monoisotopic (exact) mass is 388 g/mol. The van der Waals surface area contributed by atoms with Crippen molar-refractivity contribution in [3.8, 4) is 0 Å². The van der Waals surface area contributed by atoms with Crippen molar-refractivity contribution in [1.29, 1.82) is 0 Å². The van der Waals surface area contributed by atoms with Crippen LogP contribution in [-0.2, 0) is 9.59 Å². The number of aryl methyl sites for hydroxylation is 3. The first kappa shape index (κ1) is 18.2. The van der Waals surface area contributed by atoms with E-state index in [2.05, 4.69) is 21.2 Å². The van der Waals surface area contributed by atoms with Gasteiger partial charge in [0.1, 0.15) is 6.54 Å². The molecule has 126 valence electrons. The molecule has 2 amide bonds. The fourth-order valence-corrected chi connectivity index (χ4v) is 3.24. The van der Waals surface area contributed by atoms with Crippen molar-refractivity contribution in [2.24, 2.45) is 0 Å². The molecule has 0 aromatic heterocycles. The second kappa shape index (κ2) is 7.62. The number of nitrogens with one attached hydrogen (secondary N) is 1. The predicted octanol–water partition coefficient (Wildman–Crippen LogP) is 4.37. The van der Waals surface area contributed by atoms with Crippen LogP contribution in [0.3, 0.4) is 0 Å². The molecule has 1 N–H and O–H groups in total. The van der Waals surface area contributed by atoms with Crippen LogP contribution in [0.2, 0.25) is 0 Å². The van der Waals surface area contributed by atoms with Crippen LogP contribution < -0.4 is 10.2 Å². The molecule has 0 radical (unpaired) electrons. The number of carbonyl (C=O) groups excluding carboxylic acids is 2. The minimum atomic E-state index is -0.227. The number of hydrogen-bond donors (Lipinski definition) is 1. The Bertz CT molecular complexity index is 767. The van der Waals surface area contributed by atoms with Gasteiger partial charge in [0.05, 0.1) is 5.69 Å². The van der Waals surface area contributed by atoms with E-state index in [4.69, 9.17) is 0 Å². The average molecular weight is 389 g/mol. The standard InChI is InChI=1S/C19H21BrN2O2/c1-12-8-9-17(16(20)10-12)22(15(4)23)11-18(24)21-19-13(2)6-5-7-14(19)3/h5-10H,11H2,1-4H3,(H,21,24). The van der Waals surface area contributed by atoms with E-state index in [-0.39, 0.29) is 18.4 Å². The van der Waals surface area contributed by atoms with Crippen molar-refractivity contribution in [3.05, 3.63) is 57.6 Å². The molecule has 0 spiro atoms. The number of para-hydroxylation sites is 1. The fraction of sp³-hybridized carbons (Fsp3) is 0.263. The van der Waals surface area contributed by atoms with Crippen LogP contribution >= 0.6 is 15.9 Å². The van der Waals surface area contributed by atoms with Crippen LogP contribution in [0.4, 0.5) is 11.4 Å². The van der Waals surface area contributed by atoms with E-state index >= 15 is 0 Å². The largest absolute Gasteiger partial charge is 0.324 e. The summed E-state index contributed by atoms with van der Waals surface area (Å²) >= 11 is 3.47. The number of hydrogen-bond acceptors (Lipinski definition) is 2. The number of rotatable bonds is 4. The number of halogens is 1. The topological polar surface area (TPSA) is 49.4 Å². The van der Waals surface area contributed by atoms with Gasteiger partial charge >= 0.3 is 0 Å². The van der Waals surface area contributed by atoms with Crippen LogP contribution in [0.15, 0.2) is 40.9 Å². The Balaban J connectivity index is 2.22. The molecule has 24 heavy (non-hydrogen) atoms. The Hall–Kier alpha value is -2.14. The Morgan fingerprint density at radius 1 is 1.08 bits per heavy atom. The molecule has 5 heteroatoms. The van der Waals surface area contributed by atoms with Gasteiger partial charge in [-0.2, -0.15) is 0 Å². The summed E-state index contributed by atoms with van der Waals surface area (Å²) in [6, 6.07) is 11.5. The zero-order valence-electron chi connectivity index (χ0n) is 14.3. The highest BCUT2D eigenvalue weighted by atomic mass is 79.9. The summed E-state index contributed by atoms with van der Waals surface area (Å²) < 4.78 is 0.789. The lowest BCUT2D eigenvalue weighted by atomic mass is 10.1. The van der Waals surface area contributed by atoms with Gasteiger partial charge in [-0.15, -0.1) is 0 Å². The van der Waals surface area contributed by atoms with Crippen molar-refractivity contribution in [1.82, 2.24) is 0 Å². The molecule has 0 fully saturated rings. The highest BCUT2D eigenvalue weighted by Crippen LogP contribution is 2.27. The van der Waals surface area contributed by atoms with Gasteiger partial charge in [-0.25, -0.2) is 0 Å². The molecule has 2 aromatic carbocycles. The molecule has 2 rings (SSSR count). The SMILES string of the molecule is CC(=O)N(CC(=O)Nc1c(C)cccc1C)c1ccc(C)cc1Br. The highest BCUT2D eigenvalue weighted by Gasteiger charge is 2.19. The third-order valence-electron chi connectivity index (χ3n) is 3.82. The van der Waals surface area contributed by atoms with E-state index in [1.807, 2.05) is 57.2 Å². The van der Waals surface area contributed by atoms with Crippen LogP contribution in [-0.4, -0.2) is 18.4 Å². The molecule has 0 aliphatic carbocycles. The van der Waals surface area contributed by atoms with Gasteiger partial charge in [0.25, 0.3) is 0 Å². The third kappa shape index (κ3) is 4.23. The normalized spacial score (nSPS) is 10.4. The number of carbonyl (C=O) groups is 2. The first-order valence-electron chi connectivity index (χ1n) is 7.70. The Morgan fingerprint density at radius 3 is 2.25 bits per heavy atom. The Labute approximate surface area is 151 Å². The van der Waals surface area contributed by atoms with E-state index in [1.165, 1.54) is 11.8 Å². The number of nitrogens with zero attached hydrogens (tertiary/aromatic N) is 1. The molecule has 4 nitrogen and oxygen atoms in total. The van der Waals surface area contributed by atoms with Gasteiger partial charge in [-0.3, -0.25) is 9.59 Å².